The van der Waals surface area contributed by atoms with Crippen LogP contribution < -0.4 is 0 Å². The molecule has 0 nitrogen and oxygen atoms in total. The van der Waals surface area contributed by atoms with Gasteiger partial charge in [-0.3, -0.25) is 6.08 Å². The van der Waals surface area contributed by atoms with Crippen molar-refractivity contribution in [3.05, 3.63) is 126 Å². The molecule has 30 heavy (non-hydrogen) atoms. The number of halogens is 2. The minimum atomic E-state index is 0. The molecular formula is C26H34Cl2SiZr-6. The van der Waals surface area contributed by atoms with E-state index < -0.39 is 0 Å². The van der Waals surface area contributed by atoms with Crippen LogP contribution in [0.4, 0.5) is 0 Å². The van der Waals surface area contributed by atoms with E-state index in [0.717, 1.165) is 6.42 Å². The summed E-state index contributed by atoms with van der Waals surface area (Å²) in [5.41, 5.74) is 8.27. The van der Waals surface area contributed by atoms with Gasteiger partial charge in [0.15, 0.2) is 0 Å². The Morgan fingerprint density at radius 3 is 2.00 bits per heavy atom. The Morgan fingerprint density at radius 1 is 0.867 bits per heavy atom. The summed E-state index contributed by atoms with van der Waals surface area (Å²) >= 11 is 1.36. The van der Waals surface area contributed by atoms with Gasteiger partial charge >= 0.3 is 30.2 Å². The molecule has 2 aliphatic carbocycles. The van der Waals surface area contributed by atoms with Crippen molar-refractivity contribution < 1.29 is 23.3 Å². The van der Waals surface area contributed by atoms with Gasteiger partial charge in [-0.15, -0.1) is 24.8 Å². The van der Waals surface area contributed by atoms with E-state index in [1.54, 1.807) is 0 Å². The third-order valence-electron chi connectivity index (χ3n) is 4.44. The van der Waals surface area contributed by atoms with Gasteiger partial charge in [0, 0.05) is 5.92 Å². The van der Waals surface area contributed by atoms with Gasteiger partial charge in [0.05, 0.1) is 0 Å². The normalized spacial score (nSPS) is 13.7. The van der Waals surface area contributed by atoms with Gasteiger partial charge < -0.3 is 37.1 Å². The summed E-state index contributed by atoms with van der Waals surface area (Å²) in [7, 11) is 0. The molecular weight excluding hydrogens is 503 g/mol. The number of hydrogen-bond donors (Lipinski definition) is 0. The van der Waals surface area contributed by atoms with Gasteiger partial charge in [0.25, 0.3) is 0 Å². The zero-order chi connectivity index (χ0) is 16.2. The molecule has 0 aromatic heterocycles. The first-order chi connectivity index (χ1) is 11.3. The van der Waals surface area contributed by atoms with Gasteiger partial charge in [-0.1, -0.05) is 66.6 Å². The van der Waals surface area contributed by atoms with Crippen LogP contribution in [-0.4, -0.2) is 6.88 Å². The Morgan fingerprint density at radius 2 is 1.47 bits per heavy atom. The Balaban J connectivity index is -0.000000225. The van der Waals surface area contributed by atoms with Crippen LogP contribution in [0.3, 0.4) is 0 Å². The van der Waals surface area contributed by atoms with Crippen molar-refractivity contribution in [2.45, 2.75) is 19.3 Å². The quantitative estimate of drug-likeness (QED) is 0.268. The van der Waals surface area contributed by atoms with E-state index in [1.165, 1.54) is 56.7 Å². The van der Waals surface area contributed by atoms with Crippen LogP contribution in [0, 0.1) is 43.2 Å². The molecule has 0 spiro atoms. The van der Waals surface area contributed by atoms with E-state index in [2.05, 4.69) is 86.6 Å². The van der Waals surface area contributed by atoms with Crippen molar-refractivity contribution in [3.8, 4) is 11.1 Å². The molecule has 166 valence electrons. The number of fused-ring (bicyclic) bond motifs is 1. The first kappa shape index (κ1) is 39.8. The van der Waals surface area contributed by atoms with Crippen LogP contribution in [-0.2, 0) is 23.3 Å². The minimum absolute atomic E-state index is 0. The topological polar surface area (TPSA) is 0 Å². The summed E-state index contributed by atoms with van der Waals surface area (Å²) in [5, 5.41) is 0. The number of benzene rings is 2. The van der Waals surface area contributed by atoms with Crippen LogP contribution in [0.5, 0.6) is 0 Å². The number of allylic oxidation sites excluding steroid dienone is 5. The Bertz CT molecular complexity index is 811. The molecule has 0 amide bonds. The van der Waals surface area contributed by atoms with E-state index in [-0.39, 0.29) is 61.9 Å². The molecule has 0 bridgehead atoms. The fourth-order valence-electron chi connectivity index (χ4n) is 3.50. The summed E-state index contributed by atoms with van der Waals surface area (Å²) in [6.45, 7) is 5.30. The first-order valence-corrected chi connectivity index (χ1v) is 11.9. The predicted molar refractivity (Wildman–Crippen MR) is 141 cm³/mol. The average molecular weight is 537 g/mol. The second kappa shape index (κ2) is 19.1. The summed E-state index contributed by atoms with van der Waals surface area (Å²) in [6.07, 6.45) is 11.1. The van der Waals surface area contributed by atoms with Crippen molar-refractivity contribution in [2.75, 3.05) is 0 Å². The SMILES string of the molecule is CC1=Cc2c(-c3ccccc3)cccc2C1C1=[C-]C=CC1.Cl.Cl.[CH3-].[CH3-].[CH3-].[CH3-].[CH3-].[Si]=[Zr]. The Labute approximate surface area is 216 Å². The first-order valence-electron chi connectivity index (χ1n) is 7.73. The molecule has 0 aliphatic heterocycles. The molecule has 1 atom stereocenters. The monoisotopic (exact) mass is 534 g/mol. The molecule has 2 radical (unpaired) electrons. The summed E-state index contributed by atoms with van der Waals surface area (Å²) in [5.74, 6) is 0.415. The van der Waals surface area contributed by atoms with Crippen molar-refractivity contribution >= 4 is 37.8 Å². The van der Waals surface area contributed by atoms with E-state index in [0.29, 0.717) is 5.92 Å². The van der Waals surface area contributed by atoms with Crippen LogP contribution in [0.25, 0.3) is 17.2 Å². The third-order valence-corrected chi connectivity index (χ3v) is 4.44. The molecule has 4 heteroatoms. The van der Waals surface area contributed by atoms with E-state index in [9.17, 15) is 0 Å². The van der Waals surface area contributed by atoms with Gasteiger partial charge in [0.2, 0.25) is 0 Å². The molecule has 0 saturated carbocycles. The average Bonchev–Trinajstić information content (AvgIpc) is 3.23. The summed E-state index contributed by atoms with van der Waals surface area (Å²) in [6, 6.07) is 17.3. The molecule has 0 fully saturated rings. The fourth-order valence-corrected chi connectivity index (χ4v) is 3.50. The second-order valence-electron chi connectivity index (χ2n) is 5.77. The molecule has 1 unspecified atom stereocenters. The van der Waals surface area contributed by atoms with Crippen LogP contribution >= 0.6 is 24.8 Å². The van der Waals surface area contributed by atoms with Gasteiger partial charge in [0.1, 0.15) is 0 Å². The summed E-state index contributed by atoms with van der Waals surface area (Å²) < 4.78 is 0. The zero-order valence-electron chi connectivity index (χ0n) is 19.0. The van der Waals surface area contributed by atoms with Gasteiger partial charge in [-0.2, -0.15) is 5.57 Å². The van der Waals surface area contributed by atoms with Crippen LogP contribution in [0.15, 0.2) is 71.8 Å². The number of rotatable bonds is 2. The van der Waals surface area contributed by atoms with Crippen molar-refractivity contribution in [1.29, 1.82) is 0 Å². The molecule has 0 N–H and O–H groups in total. The molecule has 4 rings (SSSR count). The van der Waals surface area contributed by atoms with E-state index in [1.807, 2.05) is 0 Å². The van der Waals surface area contributed by atoms with Crippen molar-refractivity contribution in [3.63, 3.8) is 0 Å². The van der Waals surface area contributed by atoms with Gasteiger partial charge in [-0.05, 0) is 29.2 Å². The Hall–Kier alpha value is -0.660. The van der Waals surface area contributed by atoms with Crippen LogP contribution in [0.1, 0.15) is 30.4 Å². The zero-order valence-corrected chi connectivity index (χ0v) is 24.0. The van der Waals surface area contributed by atoms with Crippen LogP contribution in [0.2, 0.25) is 0 Å². The standard InChI is InChI=1S/C21H17.5CH3.2ClH.Si.Zr/c1-15-14-20-18(16-8-3-2-4-9-16)12-7-13-19(20)21(15)17-10-5-6-11-17;;;;;;;;;/h2-9,12-14,21H,10H2,1H3;5*1H3;2*1H;;/q6*-1;;;;. The third kappa shape index (κ3) is 8.12. The predicted octanol–water partition coefficient (Wildman–Crippen LogP) is 8.26. The Kier molecular flexibility index (Phi) is 25.3. The molecule has 0 heterocycles. The van der Waals surface area contributed by atoms with Crippen molar-refractivity contribution in [1.82, 2.24) is 0 Å². The maximum atomic E-state index is 3.42. The number of hydrogen-bond acceptors (Lipinski definition) is 0. The second-order valence-corrected chi connectivity index (χ2v) is 5.77. The summed E-state index contributed by atoms with van der Waals surface area (Å²) in [4.78, 5) is 0. The molecule has 0 saturated heterocycles. The van der Waals surface area contributed by atoms with Crippen molar-refractivity contribution in [2.24, 2.45) is 0 Å². The van der Waals surface area contributed by atoms with E-state index >= 15 is 0 Å². The molecule has 2 aromatic rings. The fraction of sp³-hybridized carbons (Fsp3) is 0.115. The molecule has 2 aromatic carbocycles. The molecule has 2 aliphatic rings. The van der Waals surface area contributed by atoms with E-state index in [4.69, 9.17) is 0 Å². The maximum absolute atomic E-state index is 3.42. The van der Waals surface area contributed by atoms with Gasteiger partial charge in [-0.25, -0.2) is 12.2 Å².